The van der Waals surface area contributed by atoms with E-state index in [1.54, 1.807) is 28.6 Å². The van der Waals surface area contributed by atoms with E-state index in [4.69, 9.17) is 5.73 Å². The number of anilines is 2. The van der Waals surface area contributed by atoms with E-state index in [1.807, 2.05) is 30.3 Å². The second-order valence-electron chi connectivity index (χ2n) is 8.57. The molecule has 0 spiro atoms. The van der Waals surface area contributed by atoms with Crippen LogP contribution in [0.4, 0.5) is 15.8 Å². The van der Waals surface area contributed by atoms with E-state index in [9.17, 15) is 14.0 Å². The number of fused-ring (bicyclic) bond motifs is 1. The standard InChI is InChI=1S/C23H26FN5O2/c1-14(23(2,3)24)27-21-18(22(25)31)11-26-29-13-17(10-19(21)29)28-12-16(9-20(28)30)15-7-5-4-6-8-15/h4-8,10-11,13-14,16,27H,9,12H2,1-3H3,(H2,25,31). The third-order valence-electron chi connectivity index (χ3n) is 5.99. The van der Waals surface area contributed by atoms with Gasteiger partial charge >= 0.3 is 0 Å². The molecule has 1 fully saturated rings. The Labute approximate surface area is 180 Å². The zero-order chi connectivity index (χ0) is 22.3. The van der Waals surface area contributed by atoms with Gasteiger partial charge in [-0.05, 0) is 32.4 Å². The number of nitrogens with two attached hydrogens (primary N) is 1. The molecule has 4 rings (SSSR count). The van der Waals surface area contributed by atoms with Crippen molar-refractivity contribution in [1.82, 2.24) is 9.61 Å². The zero-order valence-electron chi connectivity index (χ0n) is 17.8. The monoisotopic (exact) mass is 423 g/mol. The Bertz CT molecular complexity index is 1140. The molecule has 2 unspecified atom stereocenters. The molecule has 3 heterocycles. The molecular formula is C23H26FN5O2. The number of hydrogen-bond acceptors (Lipinski definition) is 4. The van der Waals surface area contributed by atoms with Crippen LogP contribution in [0.25, 0.3) is 5.52 Å². The van der Waals surface area contributed by atoms with E-state index in [1.165, 1.54) is 20.0 Å². The lowest BCUT2D eigenvalue weighted by molar-refractivity contribution is -0.117. The van der Waals surface area contributed by atoms with Gasteiger partial charge in [-0.2, -0.15) is 5.10 Å². The maximum absolute atomic E-state index is 14.5. The molecule has 162 valence electrons. The minimum atomic E-state index is -1.53. The Morgan fingerprint density at radius 3 is 2.68 bits per heavy atom. The number of carbonyl (C=O) groups is 2. The highest BCUT2D eigenvalue weighted by Crippen LogP contribution is 2.35. The summed E-state index contributed by atoms with van der Waals surface area (Å²) in [6.07, 6.45) is 3.52. The number of alkyl halides is 1. The van der Waals surface area contributed by atoms with Crippen LogP contribution in [0.2, 0.25) is 0 Å². The summed E-state index contributed by atoms with van der Waals surface area (Å²) in [5.74, 6) is -0.533. The van der Waals surface area contributed by atoms with Crippen molar-refractivity contribution in [2.24, 2.45) is 5.73 Å². The van der Waals surface area contributed by atoms with E-state index in [0.717, 1.165) is 5.56 Å². The number of rotatable bonds is 6. The predicted octanol–water partition coefficient (Wildman–Crippen LogP) is 3.50. The normalized spacial score (nSPS) is 17.9. The molecule has 2 amide bonds. The van der Waals surface area contributed by atoms with E-state index < -0.39 is 17.6 Å². The Kier molecular flexibility index (Phi) is 5.16. The topological polar surface area (TPSA) is 92.7 Å². The van der Waals surface area contributed by atoms with E-state index >= 15 is 0 Å². The molecule has 1 saturated heterocycles. The third kappa shape index (κ3) is 3.97. The van der Waals surface area contributed by atoms with Crippen molar-refractivity contribution >= 4 is 28.7 Å². The molecule has 31 heavy (non-hydrogen) atoms. The van der Waals surface area contributed by atoms with Gasteiger partial charge in [0, 0.05) is 18.9 Å². The van der Waals surface area contributed by atoms with Crippen molar-refractivity contribution in [2.45, 2.75) is 44.8 Å². The van der Waals surface area contributed by atoms with Gasteiger partial charge in [0.15, 0.2) is 0 Å². The SMILES string of the molecule is CC(Nc1c(C(N)=O)cnn2cc(N3CC(c4ccccc4)CC3=O)cc12)C(C)(C)F. The number of amides is 2. The Balaban J connectivity index is 1.72. The Hall–Kier alpha value is -3.42. The van der Waals surface area contributed by atoms with Gasteiger partial charge in [0.2, 0.25) is 5.91 Å². The van der Waals surface area contributed by atoms with Gasteiger partial charge in [-0.1, -0.05) is 30.3 Å². The van der Waals surface area contributed by atoms with Crippen LogP contribution in [-0.4, -0.2) is 39.7 Å². The Morgan fingerprint density at radius 2 is 2.03 bits per heavy atom. The molecule has 0 aliphatic carbocycles. The molecule has 0 bridgehead atoms. The highest BCUT2D eigenvalue weighted by atomic mass is 19.1. The molecule has 2 aromatic heterocycles. The first-order chi connectivity index (χ1) is 14.6. The van der Waals surface area contributed by atoms with Crippen LogP contribution < -0.4 is 16.0 Å². The van der Waals surface area contributed by atoms with Crippen molar-refractivity contribution in [1.29, 1.82) is 0 Å². The summed E-state index contributed by atoms with van der Waals surface area (Å²) in [5, 5.41) is 7.36. The number of primary amides is 1. The number of hydrogen-bond donors (Lipinski definition) is 2. The van der Waals surface area contributed by atoms with E-state index in [2.05, 4.69) is 10.4 Å². The van der Waals surface area contributed by atoms with Crippen molar-refractivity contribution < 1.29 is 14.0 Å². The molecule has 0 saturated carbocycles. The summed E-state index contributed by atoms with van der Waals surface area (Å²) < 4.78 is 16.0. The van der Waals surface area contributed by atoms with Crippen LogP contribution in [0.5, 0.6) is 0 Å². The van der Waals surface area contributed by atoms with Crippen LogP contribution in [0.1, 0.15) is 49.0 Å². The van der Waals surface area contributed by atoms with Gasteiger partial charge < -0.3 is 16.0 Å². The first kappa shape index (κ1) is 20.8. The lowest BCUT2D eigenvalue weighted by Gasteiger charge is -2.26. The van der Waals surface area contributed by atoms with Gasteiger partial charge in [0.05, 0.1) is 40.9 Å². The second kappa shape index (κ2) is 7.68. The van der Waals surface area contributed by atoms with Crippen molar-refractivity contribution in [3.8, 4) is 0 Å². The molecular weight excluding hydrogens is 397 g/mol. The summed E-state index contributed by atoms with van der Waals surface area (Å²) in [7, 11) is 0. The number of halogens is 1. The molecule has 1 aliphatic rings. The highest BCUT2D eigenvalue weighted by molar-refractivity contribution is 6.03. The summed E-state index contributed by atoms with van der Waals surface area (Å²) in [6, 6.07) is 11.1. The van der Waals surface area contributed by atoms with Crippen LogP contribution in [0.3, 0.4) is 0 Å². The zero-order valence-corrected chi connectivity index (χ0v) is 17.8. The first-order valence-electron chi connectivity index (χ1n) is 10.3. The van der Waals surface area contributed by atoms with Crippen LogP contribution in [0, 0.1) is 0 Å². The second-order valence-corrected chi connectivity index (χ2v) is 8.57. The summed E-state index contributed by atoms with van der Waals surface area (Å²) >= 11 is 0. The number of benzene rings is 1. The molecule has 3 aromatic rings. The van der Waals surface area contributed by atoms with E-state index in [-0.39, 0.29) is 17.4 Å². The van der Waals surface area contributed by atoms with Crippen molar-refractivity contribution in [3.63, 3.8) is 0 Å². The summed E-state index contributed by atoms with van der Waals surface area (Å²) in [5.41, 5.74) is 6.93. The predicted molar refractivity (Wildman–Crippen MR) is 118 cm³/mol. The van der Waals surface area contributed by atoms with Gasteiger partial charge in [-0.25, -0.2) is 8.91 Å². The van der Waals surface area contributed by atoms with E-state index in [0.29, 0.717) is 29.9 Å². The number of carbonyl (C=O) groups excluding carboxylic acids is 2. The van der Waals surface area contributed by atoms with Crippen molar-refractivity contribution in [2.75, 3.05) is 16.8 Å². The van der Waals surface area contributed by atoms with Gasteiger partial charge in [0.1, 0.15) is 5.67 Å². The first-order valence-corrected chi connectivity index (χ1v) is 10.3. The largest absolute Gasteiger partial charge is 0.377 e. The van der Waals surface area contributed by atoms with Crippen LogP contribution in [0.15, 0.2) is 48.8 Å². The number of nitrogens with zero attached hydrogens (tertiary/aromatic N) is 3. The van der Waals surface area contributed by atoms with Gasteiger partial charge in [0.25, 0.3) is 5.91 Å². The molecule has 7 nitrogen and oxygen atoms in total. The fourth-order valence-electron chi connectivity index (χ4n) is 3.82. The smallest absolute Gasteiger partial charge is 0.252 e. The minimum absolute atomic E-state index is 0.0210. The van der Waals surface area contributed by atoms with Crippen LogP contribution in [-0.2, 0) is 4.79 Å². The highest BCUT2D eigenvalue weighted by Gasteiger charge is 2.33. The summed E-state index contributed by atoms with van der Waals surface area (Å²) in [4.78, 5) is 26.5. The Morgan fingerprint density at radius 1 is 1.32 bits per heavy atom. The molecule has 1 aromatic carbocycles. The quantitative estimate of drug-likeness (QED) is 0.635. The average molecular weight is 423 g/mol. The number of aromatic nitrogens is 2. The molecule has 8 heteroatoms. The van der Waals surface area contributed by atoms with Gasteiger partial charge in [-0.3, -0.25) is 9.59 Å². The lowest BCUT2D eigenvalue weighted by Crippen LogP contribution is -2.36. The fourth-order valence-corrected chi connectivity index (χ4v) is 3.82. The fraction of sp³-hybridized carbons (Fsp3) is 0.348. The number of nitrogens with one attached hydrogen (secondary N) is 1. The molecule has 0 radical (unpaired) electrons. The summed E-state index contributed by atoms with van der Waals surface area (Å²) in [6.45, 7) is 5.17. The molecule has 3 N–H and O–H groups in total. The molecule has 1 aliphatic heterocycles. The maximum Gasteiger partial charge on any atom is 0.252 e. The van der Waals surface area contributed by atoms with Crippen molar-refractivity contribution in [3.05, 3.63) is 59.9 Å². The molecule has 2 atom stereocenters. The maximum atomic E-state index is 14.5. The minimum Gasteiger partial charge on any atom is -0.377 e. The van der Waals surface area contributed by atoms with Crippen LogP contribution >= 0.6 is 0 Å². The average Bonchev–Trinajstić information content (AvgIpc) is 3.31. The lowest BCUT2D eigenvalue weighted by atomic mass is 9.99. The third-order valence-corrected chi connectivity index (χ3v) is 5.99. The van der Waals surface area contributed by atoms with Gasteiger partial charge in [-0.15, -0.1) is 0 Å².